The zero-order valence-electron chi connectivity index (χ0n) is 11.2. The van der Waals surface area contributed by atoms with E-state index in [2.05, 4.69) is 19.3 Å². The summed E-state index contributed by atoms with van der Waals surface area (Å²) in [4.78, 5) is 16.2. The Morgan fingerprint density at radius 2 is 2.06 bits per heavy atom. The first-order valence-corrected chi connectivity index (χ1v) is 6.31. The number of amides is 1. The van der Waals surface area contributed by atoms with Crippen LogP contribution in [0.3, 0.4) is 0 Å². The molecule has 0 saturated carbocycles. The molecule has 0 aromatic heterocycles. The Labute approximate surface area is 108 Å². The van der Waals surface area contributed by atoms with Crippen LogP contribution in [0.25, 0.3) is 0 Å². The largest absolute Gasteiger partial charge is 0.483 e. The molecule has 0 spiro atoms. The maximum Gasteiger partial charge on any atom is 0.281 e. The summed E-state index contributed by atoms with van der Waals surface area (Å²) in [6, 6.07) is 7.80. The van der Waals surface area contributed by atoms with E-state index in [-0.39, 0.29) is 12.5 Å². The van der Waals surface area contributed by atoms with Gasteiger partial charge in [-0.2, -0.15) is 0 Å². The van der Waals surface area contributed by atoms with E-state index in [1.807, 2.05) is 24.3 Å². The van der Waals surface area contributed by atoms with Crippen molar-refractivity contribution in [2.24, 2.45) is 0 Å². The molecule has 0 aliphatic rings. The van der Waals surface area contributed by atoms with Crippen LogP contribution in [-0.2, 0) is 9.63 Å². The van der Waals surface area contributed by atoms with E-state index in [9.17, 15) is 4.79 Å². The Morgan fingerprint density at radius 3 is 2.72 bits per heavy atom. The normalized spacial score (nSPS) is 11.9. The van der Waals surface area contributed by atoms with Crippen LogP contribution in [0.4, 0.5) is 0 Å². The third kappa shape index (κ3) is 4.37. The molecule has 4 nitrogen and oxygen atoms in total. The lowest BCUT2D eigenvalue weighted by Gasteiger charge is -2.15. The minimum atomic E-state index is -0.282. The molecule has 1 aromatic carbocycles. The van der Waals surface area contributed by atoms with E-state index in [0.717, 1.165) is 17.7 Å². The van der Waals surface area contributed by atoms with Crippen molar-refractivity contribution in [2.75, 3.05) is 13.2 Å². The lowest BCUT2D eigenvalue weighted by atomic mass is 9.98. The number of carbonyl (C=O) groups is 1. The topological polar surface area (TPSA) is 47.6 Å². The molecule has 1 unspecified atom stereocenters. The average molecular weight is 251 g/mol. The molecule has 0 saturated heterocycles. The van der Waals surface area contributed by atoms with Gasteiger partial charge in [0, 0.05) is 0 Å². The van der Waals surface area contributed by atoms with Gasteiger partial charge >= 0.3 is 0 Å². The highest BCUT2D eigenvalue weighted by molar-refractivity contribution is 5.76. The summed E-state index contributed by atoms with van der Waals surface area (Å²) in [5.41, 5.74) is 3.43. The van der Waals surface area contributed by atoms with Crippen molar-refractivity contribution in [3.05, 3.63) is 29.8 Å². The van der Waals surface area contributed by atoms with Gasteiger partial charge in [-0.15, -0.1) is 0 Å². The van der Waals surface area contributed by atoms with Gasteiger partial charge in [-0.25, -0.2) is 5.48 Å². The van der Waals surface area contributed by atoms with Crippen molar-refractivity contribution < 1.29 is 14.4 Å². The van der Waals surface area contributed by atoms with Gasteiger partial charge < -0.3 is 4.74 Å². The highest BCUT2D eigenvalue weighted by Gasteiger charge is 2.10. The molecular weight excluding hydrogens is 230 g/mol. The Kier molecular flexibility index (Phi) is 6.22. The molecule has 1 aromatic rings. The summed E-state index contributed by atoms with van der Waals surface area (Å²) in [6.45, 7) is 6.48. The number of benzene rings is 1. The second-order valence-electron chi connectivity index (χ2n) is 4.09. The summed E-state index contributed by atoms with van der Waals surface area (Å²) < 4.78 is 5.53. The number of para-hydroxylation sites is 1. The zero-order valence-corrected chi connectivity index (χ0v) is 11.2. The Bertz CT molecular complexity index is 379. The highest BCUT2D eigenvalue weighted by atomic mass is 16.7. The lowest BCUT2D eigenvalue weighted by molar-refractivity contribution is -0.135. The first kappa shape index (κ1) is 14.5. The molecular formula is C14H21NO3. The van der Waals surface area contributed by atoms with Gasteiger partial charge in [0.1, 0.15) is 5.75 Å². The van der Waals surface area contributed by atoms with Gasteiger partial charge in [0.15, 0.2) is 6.61 Å². The third-order valence-corrected chi connectivity index (χ3v) is 2.75. The molecule has 18 heavy (non-hydrogen) atoms. The molecule has 0 fully saturated rings. The minimum absolute atomic E-state index is 0.0343. The second kappa shape index (κ2) is 7.71. The van der Waals surface area contributed by atoms with Crippen molar-refractivity contribution in [3.63, 3.8) is 0 Å². The predicted molar refractivity (Wildman–Crippen MR) is 70.4 cm³/mol. The number of carbonyl (C=O) groups excluding carboxylic acids is 1. The second-order valence-corrected chi connectivity index (χ2v) is 4.09. The zero-order chi connectivity index (χ0) is 13.4. The number of hydroxylamine groups is 1. The van der Waals surface area contributed by atoms with Crippen LogP contribution in [0.1, 0.15) is 38.7 Å². The lowest BCUT2D eigenvalue weighted by Crippen LogP contribution is -2.29. The highest BCUT2D eigenvalue weighted by Crippen LogP contribution is 2.28. The number of hydrogen-bond donors (Lipinski definition) is 1. The molecule has 1 atom stereocenters. The fourth-order valence-electron chi connectivity index (χ4n) is 1.56. The maximum absolute atomic E-state index is 11.4. The molecule has 0 bridgehead atoms. The van der Waals surface area contributed by atoms with Gasteiger partial charge in [0.2, 0.25) is 0 Å². The SMILES string of the molecule is CCONC(=O)COc1ccccc1C(C)CC. The molecule has 1 amide bonds. The quantitative estimate of drug-likeness (QED) is 0.758. The van der Waals surface area contributed by atoms with Crippen LogP contribution in [0, 0.1) is 0 Å². The molecule has 1 N–H and O–H groups in total. The first-order valence-electron chi connectivity index (χ1n) is 6.31. The molecule has 4 heteroatoms. The van der Waals surface area contributed by atoms with Crippen molar-refractivity contribution in [1.29, 1.82) is 0 Å². The summed E-state index contributed by atoms with van der Waals surface area (Å²) >= 11 is 0. The molecule has 100 valence electrons. The summed E-state index contributed by atoms with van der Waals surface area (Å²) in [6.07, 6.45) is 1.03. The van der Waals surface area contributed by atoms with E-state index in [1.54, 1.807) is 6.92 Å². The summed E-state index contributed by atoms with van der Waals surface area (Å²) in [5.74, 6) is 0.894. The Morgan fingerprint density at radius 1 is 1.33 bits per heavy atom. The van der Waals surface area contributed by atoms with Gasteiger partial charge in [-0.3, -0.25) is 9.63 Å². The monoisotopic (exact) mass is 251 g/mol. The van der Waals surface area contributed by atoms with Gasteiger partial charge in [-0.1, -0.05) is 32.0 Å². The van der Waals surface area contributed by atoms with Gasteiger partial charge in [-0.05, 0) is 30.9 Å². The molecule has 1 rings (SSSR count). The standard InChI is InChI=1S/C14H21NO3/c1-4-11(3)12-8-6-7-9-13(12)17-10-14(16)15-18-5-2/h6-9,11H,4-5,10H2,1-3H3,(H,15,16). The number of nitrogens with one attached hydrogen (secondary N) is 1. The van der Waals surface area contributed by atoms with E-state index >= 15 is 0 Å². The van der Waals surface area contributed by atoms with Crippen LogP contribution in [0.5, 0.6) is 5.75 Å². The van der Waals surface area contributed by atoms with Crippen LogP contribution in [0.2, 0.25) is 0 Å². The van der Waals surface area contributed by atoms with E-state index in [1.165, 1.54) is 0 Å². The van der Waals surface area contributed by atoms with E-state index in [0.29, 0.717) is 12.5 Å². The summed E-state index contributed by atoms with van der Waals surface area (Å²) in [5, 5.41) is 0. The number of hydrogen-bond acceptors (Lipinski definition) is 3. The van der Waals surface area contributed by atoms with Crippen molar-refractivity contribution >= 4 is 5.91 Å². The van der Waals surface area contributed by atoms with Gasteiger partial charge in [0.25, 0.3) is 5.91 Å². The summed E-state index contributed by atoms with van der Waals surface area (Å²) in [7, 11) is 0. The fourth-order valence-corrected chi connectivity index (χ4v) is 1.56. The van der Waals surface area contributed by atoms with E-state index < -0.39 is 0 Å². The predicted octanol–water partition coefficient (Wildman–Crippen LogP) is 2.65. The first-order chi connectivity index (χ1) is 8.69. The maximum atomic E-state index is 11.4. The Hall–Kier alpha value is -1.55. The molecule has 0 heterocycles. The third-order valence-electron chi connectivity index (χ3n) is 2.75. The average Bonchev–Trinajstić information content (AvgIpc) is 2.42. The van der Waals surface area contributed by atoms with Crippen LogP contribution >= 0.6 is 0 Å². The molecule has 0 radical (unpaired) electrons. The van der Waals surface area contributed by atoms with E-state index in [4.69, 9.17) is 9.57 Å². The van der Waals surface area contributed by atoms with Crippen LogP contribution < -0.4 is 10.2 Å². The van der Waals surface area contributed by atoms with Crippen LogP contribution in [-0.4, -0.2) is 19.1 Å². The fraction of sp³-hybridized carbons (Fsp3) is 0.500. The van der Waals surface area contributed by atoms with Crippen molar-refractivity contribution in [2.45, 2.75) is 33.1 Å². The van der Waals surface area contributed by atoms with Crippen molar-refractivity contribution in [1.82, 2.24) is 5.48 Å². The number of ether oxygens (including phenoxy) is 1. The number of rotatable bonds is 7. The van der Waals surface area contributed by atoms with Gasteiger partial charge in [0.05, 0.1) is 6.61 Å². The van der Waals surface area contributed by atoms with Crippen molar-refractivity contribution in [3.8, 4) is 5.75 Å². The smallest absolute Gasteiger partial charge is 0.281 e. The Balaban J connectivity index is 2.59. The molecule has 0 aliphatic heterocycles. The molecule has 0 aliphatic carbocycles. The minimum Gasteiger partial charge on any atom is -0.483 e. The van der Waals surface area contributed by atoms with Crippen LogP contribution in [0.15, 0.2) is 24.3 Å².